The van der Waals surface area contributed by atoms with Crippen LogP contribution >= 0.6 is 0 Å². The molecule has 0 unspecified atom stereocenters. The van der Waals surface area contributed by atoms with E-state index in [-0.39, 0.29) is 24.8 Å². The molecule has 1 saturated heterocycles. The Labute approximate surface area is 158 Å². The number of hydrogen-bond acceptors (Lipinski definition) is 4. The molecule has 2 N–H and O–H groups in total. The van der Waals surface area contributed by atoms with Crippen LogP contribution in [0.4, 0.5) is 0 Å². The molecule has 6 heteroatoms. The summed E-state index contributed by atoms with van der Waals surface area (Å²) in [5, 5.41) is 12.9. The number of ether oxygens (including phenoxy) is 1. The lowest BCUT2D eigenvalue weighted by molar-refractivity contribution is -0.125. The molecule has 6 nitrogen and oxygen atoms in total. The van der Waals surface area contributed by atoms with Crippen LogP contribution in [0.15, 0.2) is 54.6 Å². The van der Waals surface area contributed by atoms with Gasteiger partial charge in [-0.25, -0.2) is 0 Å². The molecule has 0 bridgehead atoms. The van der Waals surface area contributed by atoms with E-state index in [1.165, 1.54) is 4.90 Å². The summed E-state index contributed by atoms with van der Waals surface area (Å²) in [7, 11) is 0. The molecular weight excluding hydrogens is 344 g/mol. The van der Waals surface area contributed by atoms with Gasteiger partial charge in [0.2, 0.25) is 5.91 Å². The maximum Gasteiger partial charge on any atom is 0.254 e. The first-order valence-corrected chi connectivity index (χ1v) is 9.12. The number of benzene rings is 2. The Hall–Kier alpha value is -2.86. The van der Waals surface area contributed by atoms with Gasteiger partial charge in [-0.15, -0.1) is 0 Å². The number of nitrogens with one attached hydrogen (secondary N) is 1. The molecule has 1 heterocycles. The quantitative estimate of drug-likeness (QED) is 0.817. The van der Waals surface area contributed by atoms with Crippen molar-refractivity contribution in [1.82, 2.24) is 10.2 Å². The van der Waals surface area contributed by atoms with Crippen LogP contribution in [0.3, 0.4) is 0 Å². The lowest BCUT2D eigenvalue weighted by Gasteiger charge is -2.24. The number of likely N-dealkylation sites (tertiary alicyclic amines) is 1. The van der Waals surface area contributed by atoms with Crippen LogP contribution in [0.5, 0.6) is 5.75 Å². The van der Waals surface area contributed by atoms with E-state index in [1.807, 2.05) is 37.3 Å². The molecule has 0 aliphatic carbocycles. The summed E-state index contributed by atoms with van der Waals surface area (Å²) in [4.78, 5) is 27.0. The highest BCUT2D eigenvalue weighted by Crippen LogP contribution is 2.23. The van der Waals surface area contributed by atoms with Crippen molar-refractivity contribution in [2.45, 2.75) is 32.0 Å². The second-order valence-corrected chi connectivity index (χ2v) is 6.53. The third-order valence-corrected chi connectivity index (χ3v) is 4.54. The first-order valence-electron chi connectivity index (χ1n) is 9.12. The zero-order chi connectivity index (χ0) is 19.2. The summed E-state index contributed by atoms with van der Waals surface area (Å²) >= 11 is 0. The maximum atomic E-state index is 12.9. The van der Waals surface area contributed by atoms with E-state index in [0.29, 0.717) is 24.5 Å². The van der Waals surface area contributed by atoms with Crippen molar-refractivity contribution in [3.05, 3.63) is 65.7 Å². The van der Waals surface area contributed by atoms with Gasteiger partial charge in [0, 0.05) is 25.1 Å². The van der Waals surface area contributed by atoms with Gasteiger partial charge in [0.1, 0.15) is 11.8 Å². The second kappa shape index (κ2) is 8.68. The molecule has 3 rings (SSSR count). The molecule has 2 atom stereocenters. The summed E-state index contributed by atoms with van der Waals surface area (Å²) in [6.45, 7) is 2.90. The topological polar surface area (TPSA) is 78.9 Å². The van der Waals surface area contributed by atoms with Crippen LogP contribution < -0.4 is 10.1 Å². The number of carbonyl (C=O) groups excluding carboxylic acids is 2. The predicted molar refractivity (Wildman–Crippen MR) is 101 cm³/mol. The van der Waals surface area contributed by atoms with Gasteiger partial charge in [0.05, 0.1) is 12.7 Å². The number of rotatable bonds is 6. The molecule has 2 aromatic rings. The Morgan fingerprint density at radius 1 is 1.19 bits per heavy atom. The molecule has 0 saturated carbocycles. The molecule has 1 aliphatic heterocycles. The normalized spacial score (nSPS) is 19.0. The van der Waals surface area contributed by atoms with Gasteiger partial charge in [-0.3, -0.25) is 9.59 Å². The highest BCUT2D eigenvalue weighted by molar-refractivity contribution is 5.98. The molecule has 2 aromatic carbocycles. The van der Waals surface area contributed by atoms with E-state index in [4.69, 9.17) is 4.74 Å². The molecule has 0 aromatic heterocycles. The SMILES string of the molecule is CCOc1cccc(C(=O)N2C[C@H](O)C[C@H]2C(=O)NCc2ccccc2)c1. The van der Waals surface area contributed by atoms with E-state index in [2.05, 4.69) is 5.32 Å². The van der Waals surface area contributed by atoms with Gasteiger partial charge >= 0.3 is 0 Å². The number of aliphatic hydroxyl groups excluding tert-OH is 1. The Kier molecular flexibility index (Phi) is 6.08. The van der Waals surface area contributed by atoms with Crippen LogP contribution in [-0.4, -0.2) is 47.1 Å². The average molecular weight is 368 g/mol. The predicted octanol–water partition coefficient (Wildman–Crippen LogP) is 1.98. The van der Waals surface area contributed by atoms with Crippen molar-refractivity contribution >= 4 is 11.8 Å². The molecule has 2 amide bonds. The Balaban J connectivity index is 1.70. The second-order valence-electron chi connectivity index (χ2n) is 6.53. The fraction of sp³-hybridized carbons (Fsp3) is 0.333. The van der Waals surface area contributed by atoms with E-state index in [0.717, 1.165) is 5.56 Å². The number of amides is 2. The number of β-amino-alcohol motifs (C(OH)–C–C–N with tert-alkyl or cyclic N) is 1. The van der Waals surface area contributed by atoms with Crippen molar-refractivity contribution in [3.63, 3.8) is 0 Å². The summed E-state index contributed by atoms with van der Waals surface area (Å²) in [6, 6.07) is 15.8. The fourth-order valence-electron chi connectivity index (χ4n) is 3.24. The van der Waals surface area contributed by atoms with Crippen LogP contribution in [-0.2, 0) is 11.3 Å². The van der Waals surface area contributed by atoms with Crippen molar-refractivity contribution < 1.29 is 19.4 Å². The largest absolute Gasteiger partial charge is 0.494 e. The van der Waals surface area contributed by atoms with Crippen LogP contribution in [0.25, 0.3) is 0 Å². The molecule has 27 heavy (non-hydrogen) atoms. The lowest BCUT2D eigenvalue weighted by atomic mass is 10.1. The molecule has 0 spiro atoms. The Morgan fingerprint density at radius 2 is 1.96 bits per heavy atom. The van der Waals surface area contributed by atoms with Crippen molar-refractivity contribution in [3.8, 4) is 5.75 Å². The monoisotopic (exact) mass is 368 g/mol. The van der Waals surface area contributed by atoms with Gasteiger partial charge in [-0.2, -0.15) is 0 Å². The first-order chi connectivity index (χ1) is 13.1. The highest BCUT2D eigenvalue weighted by Gasteiger charge is 2.39. The Bertz CT molecular complexity index is 794. The first kappa shape index (κ1) is 18.9. The summed E-state index contributed by atoms with van der Waals surface area (Å²) in [6.07, 6.45) is -0.478. The summed E-state index contributed by atoms with van der Waals surface area (Å²) in [5.74, 6) is 0.0610. The van der Waals surface area contributed by atoms with Crippen LogP contribution in [0.1, 0.15) is 29.3 Å². The number of aliphatic hydroxyl groups is 1. The summed E-state index contributed by atoms with van der Waals surface area (Å²) in [5.41, 5.74) is 1.42. The van der Waals surface area contributed by atoms with Gasteiger partial charge < -0.3 is 20.1 Å². The molecule has 142 valence electrons. The van der Waals surface area contributed by atoms with Crippen molar-refractivity contribution in [2.24, 2.45) is 0 Å². The van der Waals surface area contributed by atoms with Crippen LogP contribution in [0.2, 0.25) is 0 Å². The average Bonchev–Trinajstić information content (AvgIpc) is 3.08. The number of hydrogen-bond donors (Lipinski definition) is 2. The zero-order valence-electron chi connectivity index (χ0n) is 15.3. The standard InChI is InChI=1S/C21H24N2O4/c1-2-27-18-10-6-9-16(11-18)21(26)23-14-17(24)12-19(23)20(25)22-13-15-7-4-3-5-8-15/h3-11,17,19,24H,2,12-14H2,1H3,(H,22,25)/t17-,19+/m1/s1. The van der Waals surface area contributed by atoms with Gasteiger partial charge in [-0.1, -0.05) is 36.4 Å². The third-order valence-electron chi connectivity index (χ3n) is 4.54. The van der Waals surface area contributed by atoms with E-state index < -0.39 is 12.1 Å². The minimum Gasteiger partial charge on any atom is -0.494 e. The lowest BCUT2D eigenvalue weighted by Crippen LogP contribution is -2.45. The maximum absolute atomic E-state index is 12.9. The van der Waals surface area contributed by atoms with Gasteiger partial charge in [-0.05, 0) is 30.7 Å². The summed E-state index contributed by atoms with van der Waals surface area (Å²) < 4.78 is 5.44. The van der Waals surface area contributed by atoms with E-state index >= 15 is 0 Å². The van der Waals surface area contributed by atoms with Crippen molar-refractivity contribution in [1.29, 1.82) is 0 Å². The van der Waals surface area contributed by atoms with E-state index in [9.17, 15) is 14.7 Å². The van der Waals surface area contributed by atoms with Crippen LogP contribution in [0, 0.1) is 0 Å². The van der Waals surface area contributed by atoms with Gasteiger partial charge in [0.25, 0.3) is 5.91 Å². The molecule has 1 fully saturated rings. The molecule has 1 aliphatic rings. The fourth-order valence-corrected chi connectivity index (χ4v) is 3.24. The minimum absolute atomic E-state index is 0.140. The Morgan fingerprint density at radius 3 is 2.70 bits per heavy atom. The van der Waals surface area contributed by atoms with Crippen molar-refractivity contribution in [2.75, 3.05) is 13.2 Å². The van der Waals surface area contributed by atoms with E-state index in [1.54, 1.807) is 24.3 Å². The number of nitrogens with zero attached hydrogens (tertiary/aromatic N) is 1. The van der Waals surface area contributed by atoms with Gasteiger partial charge in [0.15, 0.2) is 0 Å². The number of carbonyl (C=O) groups is 2. The molecular formula is C21H24N2O4. The third kappa shape index (κ3) is 4.65. The molecule has 0 radical (unpaired) electrons. The smallest absolute Gasteiger partial charge is 0.254 e. The zero-order valence-corrected chi connectivity index (χ0v) is 15.3. The highest BCUT2D eigenvalue weighted by atomic mass is 16.5. The minimum atomic E-state index is -0.712.